The molecule has 0 atom stereocenters. The molecule has 1 saturated heterocycles. The van der Waals surface area contributed by atoms with Crippen LogP contribution in [0.25, 0.3) is 0 Å². The summed E-state index contributed by atoms with van der Waals surface area (Å²) in [4.78, 5) is 20.6. The Labute approximate surface area is 123 Å². The number of hydrogen-bond acceptors (Lipinski definition) is 5. The van der Waals surface area contributed by atoms with Crippen LogP contribution in [0.3, 0.4) is 0 Å². The van der Waals surface area contributed by atoms with E-state index in [1.165, 1.54) is 12.5 Å². The zero-order valence-electron chi connectivity index (χ0n) is 11.7. The Morgan fingerprint density at radius 2 is 2.05 bits per heavy atom. The molecule has 1 aliphatic rings. The molecule has 0 saturated carbocycles. The van der Waals surface area contributed by atoms with Gasteiger partial charge in [-0.1, -0.05) is 6.07 Å². The summed E-state index contributed by atoms with van der Waals surface area (Å²) in [5.74, 6) is 0.956. The van der Waals surface area contributed by atoms with Crippen LogP contribution < -0.4 is 10.6 Å². The van der Waals surface area contributed by atoms with E-state index in [9.17, 15) is 4.79 Å². The number of pyridine rings is 1. The number of aromatic nitrogens is 1. The lowest BCUT2D eigenvalue weighted by molar-refractivity contribution is 0.0746. The molecule has 21 heavy (non-hydrogen) atoms. The maximum absolute atomic E-state index is 12.2. The highest BCUT2D eigenvalue weighted by molar-refractivity contribution is 5.94. The average molecular weight is 286 g/mol. The van der Waals surface area contributed by atoms with Crippen molar-refractivity contribution in [3.63, 3.8) is 0 Å². The Morgan fingerprint density at radius 1 is 1.24 bits per heavy atom. The Balaban J connectivity index is 1.60. The van der Waals surface area contributed by atoms with Gasteiger partial charge in [-0.05, 0) is 17.7 Å². The van der Waals surface area contributed by atoms with Gasteiger partial charge < -0.3 is 20.0 Å². The Hall–Kier alpha value is -2.34. The summed E-state index contributed by atoms with van der Waals surface area (Å²) in [5, 5.41) is 0. The highest BCUT2D eigenvalue weighted by Crippen LogP contribution is 2.15. The fourth-order valence-corrected chi connectivity index (χ4v) is 2.43. The summed E-state index contributed by atoms with van der Waals surface area (Å²) in [6.45, 7) is 3.42. The summed E-state index contributed by atoms with van der Waals surface area (Å²) in [7, 11) is 0. The van der Waals surface area contributed by atoms with Crippen LogP contribution in [-0.2, 0) is 6.54 Å². The van der Waals surface area contributed by atoms with Crippen molar-refractivity contribution in [1.82, 2.24) is 9.88 Å². The summed E-state index contributed by atoms with van der Waals surface area (Å²) in [6.07, 6.45) is 4.81. The second kappa shape index (κ2) is 5.97. The third kappa shape index (κ3) is 2.90. The minimum absolute atomic E-state index is 0.0230. The molecule has 6 nitrogen and oxygen atoms in total. The van der Waals surface area contributed by atoms with Gasteiger partial charge in [0, 0.05) is 38.9 Å². The van der Waals surface area contributed by atoms with E-state index in [0.717, 1.165) is 24.5 Å². The first kappa shape index (κ1) is 13.6. The van der Waals surface area contributed by atoms with Crippen LogP contribution in [-0.4, -0.2) is 42.0 Å². The minimum atomic E-state index is 0.0230. The third-order valence-electron chi connectivity index (χ3n) is 3.70. The first-order valence-corrected chi connectivity index (χ1v) is 6.99. The largest absolute Gasteiger partial charge is 0.472 e. The number of hydrogen-bond donors (Lipinski definition) is 1. The highest BCUT2D eigenvalue weighted by Gasteiger charge is 2.23. The van der Waals surface area contributed by atoms with Crippen molar-refractivity contribution in [3.05, 3.63) is 48.0 Å². The lowest BCUT2D eigenvalue weighted by Gasteiger charge is -2.35. The Morgan fingerprint density at radius 3 is 2.62 bits per heavy atom. The molecule has 0 aliphatic carbocycles. The molecule has 3 heterocycles. The number of nitrogens with zero attached hydrogens (tertiary/aromatic N) is 3. The molecule has 2 N–H and O–H groups in total. The van der Waals surface area contributed by atoms with Crippen LogP contribution in [0.5, 0.6) is 0 Å². The molecule has 1 aliphatic heterocycles. The second-order valence-corrected chi connectivity index (χ2v) is 5.02. The number of amides is 1. The van der Waals surface area contributed by atoms with Crippen LogP contribution in [0, 0.1) is 0 Å². The SMILES string of the molecule is NCc1ccc(N2CCN(C(=O)c3ccoc3)CC2)nc1. The monoisotopic (exact) mass is 286 g/mol. The molecular formula is C15H18N4O2. The summed E-state index contributed by atoms with van der Waals surface area (Å²) >= 11 is 0. The molecule has 0 radical (unpaired) electrons. The molecule has 0 aromatic carbocycles. The smallest absolute Gasteiger partial charge is 0.257 e. The summed E-state index contributed by atoms with van der Waals surface area (Å²) in [6, 6.07) is 5.67. The quantitative estimate of drug-likeness (QED) is 0.914. The molecule has 2 aromatic heterocycles. The highest BCUT2D eigenvalue weighted by atomic mass is 16.3. The zero-order valence-corrected chi connectivity index (χ0v) is 11.7. The molecule has 0 bridgehead atoms. The summed E-state index contributed by atoms with van der Waals surface area (Å²) < 4.78 is 4.96. The Kier molecular flexibility index (Phi) is 3.87. The topological polar surface area (TPSA) is 75.6 Å². The lowest BCUT2D eigenvalue weighted by Crippen LogP contribution is -2.49. The predicted molar refractivity (Wildman–Crippen MR) is 79.0 cm³/mol. The van der Waals surface area contributed by atoms with Gasteiger partial charge in [0.1, 0.15) is 12.1 Å². The van der Waals surface area contributed by atoms with Gasteiger partial charge in [0.05, 0.1) is 11.8 Å². The molecule has 2 aromatic rings. The molecule has 3 rings (SSSR count). The van der Waals surface area contributed by atoms with Crippen molar-refractivity contribution in [1.29, 1.82) is 0 Å². The standard InChI is InChI=1S/C15H18N4O2/c16-9-12-1-2-14(17-10-12)18-4-6-19(7-5-18)15(20)13-3-8-21-11-13/h1-3,8,10-11H,4-7,9,16H2. The fraction of sp³-hybridized carbons (Fsp3) is 0.333. The predicted octanol–water partition coefficient (Wildman–Crippen LogP) is 1.10. The molecule has 6 heteroatoms. The minimum Gasteiger partial charge on any atom is -0.472 e. The Bertz CT molecular complexity index is 587. The molecular weight excluding hydrogens is 268 g/mol. The number of nitrogens with two attached hydrogens (primary N) is 1. The van der Waals surface area contributed by atoms with Crippen molar-refractivity contribution in [2.75, 3.05) is 31.1 Å². The average Bonchev–Trinajstić information content (AvgIpc) is 3.09. The van der Waals surface area contributed by atoms with Crippen LogP contribution in [0.4, 0.5) is 5.82 Å². The van der Waals surface area contributed by atoms with Crippen LogP contribution in [0.1, 0.15) is 15.9 Å². The number of carbonyl (C=O) groups excluding carboxylic acids is 1. The van der Waals surface area contributed by atoms with Gasteiger partial charge in [-0.2, -0.15) is 0 Å². The van der Waals surface area contributed by atoms with Crippen molar-refractivity contribution in [2.24, 2.45) is 5.73 Å². The van der Waals surface area contributed by atoms with E-state index in [4.69, 9.17) is 10.2 Å². The molecule has 110 valence electrons. The normalized spacial score (nSPS) is 15.3. The zero-order chi connectivity index (χ0) is 14.7. The fourth-order valence-electron chi connectivity index (χ4n) is 2.43. The van der Waals surface area contributed by atoms with Gasteiger partial charge in [0.15, 0.2) is 0 Å². The van der Waals surface area contributed by atoms with Gasteiger partial charge in [-0.3, -0.25) is 4.79 Å². The lowest BCUT2D eigenvalue weighted by atomic mass is 10.2. The maximum atomic E-state index is 12.2. The third-order valence-corrected chi connectivity index (χ3v) is 3.70. The van der Waals surface area contributed by atoms with Crippen molar-refractivity contribution in [2.45, 2.75) is 6.54 Å². The van der Waals surface area contributed by atoms with Crippen LogP contribution >= 0.6 is 0 Å². The van der Waals surface area contributed by atoms with Gasteiger partial charge in [-0.25, -0.2) is 4.98 Å². The van der Waals surface area contributed by atoms with E-state index < -0.39 is 0 Å². The molecule has 0 spiro atoms. The van der Waals surface area contributed by atoms with Gasteiger partial charge in [0.25, 0.3) is 5.91 Å². The van der Waals surface area contributed by atoms with Gasteiger partial charge in [-0.15, -0.1) is 0 Å². The van der Waals surface area contributed by atoms with Crippen molar-refractivity contribution in [3.8, 4) is 0 Å². The van der Waals surface area contributed by atoms with Crippen molar-refractivity contribution < 1.29 is 9.21 Å². The van der Waals surface area contributed by atoms with Crippen molar-refractivity contribution >= 4 is 11.7 Å². The number of rotatable bonds is 3. The van der Waals surface area contributed by atoms with E-state index in [0.29, 0.717) is 25.2 Å². The van der Waals surface area contributed by atoms with Crippen LogP contribution in [0.2, 0.25) is 0 Å². The molecule has 1 fully saturated rings. The van der Waals surface area contributed by atoms with E-state index in [1.807, 2.05) is 17.0 Å². The molecule has 1 amide bonds. The van der Waals surface area contributed by atoms with E-state index >= 15 is 0 Å². The van der Waals surface area contributed by atoms with Crippen LogP contribution in [0.15, 0.2) is 41.3 Å². The molecule has 0 unspecified atom stereocenters. The second-order valence-electron chi connectivity index (χ2n) is 5.02. The van der Waals surface area contributed by atoms with E-state index in [2.05, 4.69) is 9.88 Å². The maximum Gasteiger partial charge on any atom is 0.257 e. The first-order chi connectivity index (χ1) is 10.3. The number of piperazine rings is 1. The number of carbonyl (C=O) groups is 1. The van der Waals surface area contributed by atoms with Gasteiger partial charge in [0.2, 0.25) is 0 Å². The number of anilines is 1. The number of furan rings is 1. The van der Waals surface area contributed by atoms with E-state index in [-0.39, 0.29) is 5.91 Å². The first-order valence-electron chi connectivity index (χ1n) is 6.99. The van der Waals surface area contributed by atoms with E-state index in [1.54, 1.807) is 12.3 Å². The summed E-state index contributed by atoms with van der Waals surface area (Å²) in [5.41, 5.74) is 7.20. The van der Waals surface area contributed by atoms with Gasteiger partial charge >= 0.3 is 0 Å².